The highest BCUT2D eigenvalue weighted by molar-refractivity contribution is 7.92. The van der Waals surface area contributed by atoms with Crippen molar-refractivity contribution >= 4 is 33.2 Å². The van der Waals surface area contributed by atoms with E-state index in [9.17, 15) is 17.6 Å². The second kappa shape index (κ2) is 10.2. The van der Waals surface area contributed by atoms with Crippen LogP contribution in [0.4, 0.5) is 10.1 Å². The zero-order valence-corrected chi connectivity index (χ0v) is 23.1. The zero-order valence-electron chi connectivity index (χ0n) is 21.5. The predicted octanol–water partition coefficient (Wildman–Crippen LogP) is 5.41. The summed E-state index contributed by atoms with van der Waals surface area (Å²) in [5.41, 5.74) is 2.45. The maximum Gasteiger partial charge on any atom is 0.264 e. The van der Waals surface area contributed by atoms with Gasteiger partial charge in [-0.3, -0.25) is 9.10 Å². The van der Waals surface area contributed by atoms with Crippen molar-refractivity contribution in [3.05, 3.63) is 94.3 Å². The molecule has 0 aromatic heterocycles. The minimum atomic E-state index is -3.97. The number of fused-ring (bicyclic) bond motifs is 2. The van der Waals surface area contributed by atoms with Crippen LogP contribution in [0.25, 0.3) is 0 Å². The van der Waals surface area contributed by atoms with Crippen LogP contribution in [0.3, 0.4) is 0 Å². The number of halogens is 2. The molecule has 39 heavy (non-hydrogen) atoms. The van der Waals surface area contributed by atoms with Gasteiger partial charge in [-0.1, -0.05) is 36.2 Å². The molecule has 1 amide bonds. The number of hydrogen-bond donors (Lipinski definition) is 2. The number of hydrogen-bond acceptors (Lipinski definition) is 4. The first-order valence-corrected chi connectivity index (χ1v) is 15.3. The van der Waals surface area contributed by atoms with Gasteiger partial charge in [0.15, 0.2) is 0 Å². The van der Waals surface area contributed by atoms with E-state index in [1.54, 1.807) is 22.5 Å². The number of nitrogens with zero attached hydrogens (tertiary/aromatic N) is 1. The fourth-order valence-electron chi connectivity index (χ4n) is 6.56. The molecule has 0 bridgehead atoms. The van der Waals surface area contributed by atoms with E-state index < -0.39 is 21.3 Å². The summed E-state index contributed by atoms with van der Waals surface area (Å²) < 4.78 is 43.7. The lowest BCUT2D eigenvalue weighted by Crippen LogP contribution is -2.56. The molecule has 6 nitrogen and oxygen atoms in total. The number of rotatable bonds is 6. The lowest BCUT2D eigenvalue weighted by molar-refractivity contribution is 0.0950. The Morgan fingerprint density at radius 2 is 1.77 bits per heavy atom. The predicted molar refractivity (Wildman–Crippen MR) is 150 cm³/mol. The number of nitrogens with one attached hydrogen (secondary N) is 2. The monoisotopic (exact) mass is 567 g/mol. The van der Waals surface area contributed by atoms with E-state index in [1.807, 2.05) is 24.3 Å². The van der Waals surface area contributed by atoms with Gasteiger partial charge in [-0.2, -0.15) is 0 Å². The highest BCUT2D eigenvalue weighted by atomic mass is 35.5. The van der Waals surface area contributed by atoms with E-state index in [-0.39, 0.29) is 22.8 Å². The molecule has 1 atom stereocenters. The topological polar surface area (TPSA) is 78.5 Å². The molecule has 1 unspecified atom stereocenters. The van der Waals surface area contributed by atoms with Gasteiger partial charge >= 0.3 is 0 Å². The Kier molecular flexibility index (Phi) is 6.90. The molecule has 3 aromatic rings. The Labute approximate surface area is 233 Å². The molecule has 1 saturated heterocycles. The number of carbonyl (C=O) groups excluding carboxylic acids is 1. The maximum atomic E-state index is 14.2. The van der Waals surface area contributed by atoms with Gasteiger partial charge in [0.1, 0.15) is 5.82 Å². The largest absolute Gasteiger partial charge is 0.348 e. The van der Waals surface area contributed by atoms with Crippen LogP contribution in [0, 0.1) is 11.7 Å². The Morgan fingerprint density at radius 1 is 1.05 bits per heavy atom. The molecule has 3 aromatic carbocycles. The highest BCUT2D eigenvalue weighted by Crippen LogP contribution is 2.57. The third-order valence-corrected chi connectivity index (χ3v) is 10.9. The Bertz CT molecular complexity index is 1500. The summed E-state index contributed by atoms with van der Waals surface area (Å²) in [6.45, 7) is 1.84. The van der Waals surface area contributed by atoms with Crippen LogP contribution in [-0.4, -0.2) is 33.5 Å². The lowest BCUT2D eigenvalue weighted by Gasteiger charge is -2.48. The van der Waals surface area contributed by atoms with E-state index in [0.717, 1.165) is 56.3 Å². The van der Waals surface area contributed by atoms with Crippen molar-refractivity contribution in [1.82, 2.24) is 10.6 Å². The smallest absolute Gasteiger partial charge is 0.264 e. The molecule has 1 saturated carbocycles. The van der Waals surface area contributed by atoms with E-state index in [4.69, 9.17) is 11.6 Å². The van der Waals surface area contributed by atoms with Crippen molar-refractivity contribution in [3.63, 3.8) is 0 Å². The van der Waals surface area contributed by atoms with E-state index in [1.165, 1.54) is 24.3 Å². The van der Waals surface area contributed by atoms with Crippen LogP contribution in [-0.2, 0) is 22.0 Å². The van der Waals surface area contributed by atoms with Crippen molar-refractivity contribution in [2.75, 3.05) is 17.4 Å². The molecule has 3 aliphatic rings. The highest BCUT2D eigenvalue weighted by Gasteiger charge is 2.58. The fourth-order valence-corrected chi connectivity index (χ4v) is 8.56. The third kappa shape index (κ3) is 4.52. The van der Waals surface area contributed by atoms with Gasteiger partial charge in [0.25, 0.3) is 15.9 Å². The summed E-state index contributed by atoms with van der Waals surface area (Å²) in [5, 5.41) is 6.99. The summed E-state index contributed by atoms with van der Waals surface area (Å²) in [4.78, 5) is 13.4. The molecule has 2 aliphatic heterocycles. The molecule has 1 aliphatic carbocycles. The second-order valence-corrected chi connectivity index (χ2v) is 13.0. The molecule has 2 N–H and O–H groups in total. The zero-order chi connectivity index (χ0) is 27.2. The average Bonchev–Trinajstić information content (AvgIpc) is 3.17. The summed E-state index contributed by atoms with van der Waals surface area (Å²) in [7, 11) is -3.97. The molecule has 1 spiro atoms. The molecule has 6 rings (SSSR count). The Balaban J connectivity index is 1.42. The number of piperidine rings is 1. The van der Waals surface area contributed by atoms with Gasteiger partial charge in [-0.05, 0) is 104 Å². The van der Waals surface area contributed by atoms with Crippen molar-refractivity contribution < 1.29 is 17.6 Å². The van der Waals surface area contributed by atoms with Gasteiger partial charge in [0.2, 0.25) is 0 Å². The SMILES string of the molecule is O=C(NCc1ccccc1Cl)c1ccc2c(c1)C1(CCNCC1)C(C1CCC1)N2S(=O)(=O)c1ccc(F)cc1. The number of carbonyl (C=O) groups is 1. The molecule has 0 radical (unpaired) electrons. The summed E-state index contributed by atoms with van der Waals surface area (Å²) in [6, 6.07) is 17.6. The van der Waals surface area contributed by atoms with E-state index in [2.05, 4.69) is 10.6 Å². The Morgan fingerprint density at radius 3 is 2.44 bits per heavy atom. The minimum Gasteiger partial charge on any atom is -0.348 e. The van der Waals surface area contributed by atoms with Gasteiger partial charge < -0.3 is 10.6 Å². The molecule has 2 heterocycles. The van der Waals surface area contributed by atoms with Gasteiger partial charge in [-0.25, -0.2) is 12.8 Å². The van der Waals surface area contributed by atoms with Gasteiger partial charge in [-0.15, -0.1) is 0 Å². The van der Waals surface area contributed by atoms with Crippen molar-refractivity contribution in [1.29, 1.82) is 0 Å². The summed E-state index contributed by atoms with van der Waals surface area (Å²) in [6.07, 6.45) is 4.57. The maximum absolute atomic E-state index is 14.2. The van der Waals surface area contributed by atoms with Crippen molar-refractivity contribution in [2.24, 2.45) is 5.92 Å². The lowest BCUT2D eigenvalue weighted by atomic mass is 9.62. The van der Waals surface area contributed by atoms with Crippen LogP contribution in [0.1, 0.15) is 53.6 Å². The first-order valence-electron chi connectivity index (χ1n) is 13.5. The van der Waals surface area contributed by atoms with Crippen molar-refractivity contribution in [3.8, 4) is 0 Å². The van der Waals surface area contributed by atoms with Crippen LogP contribution >= 0.6 is 11.6 Å². The normalized spacial score (nSPS) is 20.5. The average molecular weight is 568 g/mol. The first kappa shape index (κ1) is 26.3. The van der Waals surface area contributed by atoms with Crippen LogP contribution in [0.15, 0.2) is 71.6 Å². The van der Waals surface area contributed by atoms with Crippen LogP contribution in [0.5, 0.6) is 0 Å². The number of anilines is 1. The number of benzene rings is 3. The molecular weight excluding hydrogens is 537 g/mol. The van der Waals surface area contributed by atoms with Gasteiger partial charge in [0, 0.05) is 22.5 Å². The molecule has 204 valence electrons. The van der Waals surface area contributed by atoms with E-state index in [0.29, 0.717) is 22.8 Å². The second-order valence-electron chi connectivity index (χ2n) is 10.8. The van der Waals surface area contributed by atoms with Gasteiger partial charge in [0.05, 0.1) is 16.6 Å². The molecule has 9 heteroatoms. The summed E-state index contributed by atoms with van der Waals surface area (Å²) in [5.74, 6) is -0.487. The summed E-state index contributed by atoms with van der Waals surface area (Å²) >= 11 is 6.27. The molecule has 2 fully saturated rings. The molecular formula is C30H31ClFN3O3S. The van der Waals surface area contributed by atoms with Crippen molar-refractivity contribution in [2.45, 2.75) is 55.0 Å². The van der Waals surface area contributed by atoms with Crippen LogP contribution in [0.2, 0.25) is 5.02 Å². The Hall–Kier alpha value is -2.94. The minimum absolute atomic E-state index is 0.0757. The third-order valence-electron chi connectivity index (χ3n) is 8.71. The number of sulfonamides is 1. The quantitative estimate of drug-likeness (QED) is 0.418. The fraction of sp³-hybridized carbons (Fsp3) is 0.367. The number of amides is 1. The van der Waals surface area contributed by atoms with Crippen LogP contribution < -0.4 is 14.9 Å². The van der Waals surface area contributed by atoms with E-state index >= 15 is 0 Å². The standard InChI is InChI=1S/C30H31ClFN3O3S/c31-26-7-2-1-4-22(26)19-34-29(36)21-8-13-27-25(18-21)30(14-16-33-17-15-30)28(20-5-3-6-20)35(27)39(37,38)24-11-9-23(32)10-12-24/h1-2,4,7-13,18,20,28,33H,3,5-6,14-17,19H2,(H,34,36). The first-order chi connectivity index (χ1) is 18.8.